The zero-order valence-electron chi connectivity index (χ0n) is 10.9. The Hall–Kier alpha value is -2.35. The molecule has 3 N–H and O–H groups in total. The van der Waals surface area contributed by atoms with Gasteiger partial charge in [0.1, 0.15) is 5.75 Å². The van der Waals surface area contributed by atoms with Gasteiger partial charge in [0.15, 0.2) is 11.6 Å². The van der Waals surface area contributed by atoms with E-state index in [1.165, 1.54) is 25.3 Å². The van der Waals surface area contributed by atoms with Crippen LogP contribution >= 0.6 is 0 Å². The topological polar surface area (TPSA) is 81.4 Å². The van der Waals surface area contributed by atoms with E-state index in [2.05, 4.69) is 4.72 Å². The lowest BCUT2D eigenvalue weighted by atomic mass is 10.3. The Morgan fingerprint density at radius 1 is 1.10 bits per heavy atom. The maximum atomic E-state index is 13.1. The van der Waals surface area contributed by atoms with Crippen molar-refractivity contribution in [3.63, 3.8) is 0 Å². The maximum absolute atomic E-state index is 13.1. The highest BCUT2D eigenvalue weighted by molar-refractivity contribution is 7.92. The highest BCUT2D eigenvalue weighted by Gasteiger charge is 2.16. The molecule has 0 bridgehead atoms. The quantitative estimate of drug-likeness (QED) is 0.849. The molecule has 2 aromatic rings. The van der Waals surface area contributed by atoms with Crippen molar-refractivity contribution >= 4 is 21.4 Å². The van der Waals surface area contributed by atoms with Gasteiger partial charge >= 0.3 is 0 Å². The SMILES string of the molecule is COc1ccc(S(=O)(=O)Nc2ccc(F)c(F)c2)cc1N. The second kappa shape index (κ2) is 5.57. The van der Waals surface area contributed by atoms with Crippen molar-refractivity contribution < 1.29 is 21.9 Å². The van der Waals surface area contributed by atoms with Crippen LogP contribution in [0.5, 0.6) is 5.75 Å². The Balaban J connectivity index is 2.33. The normalized spacial score (nSPS) is 11.2. The molecular weight excluding hydrogens is 302 g/mol. The average molecular weight is 314 g/mol. The van der Waals surface area contributed by atoms with Crippen molar-refractivity contribution in [2.45, 2.75) is 4.90 Å². The summed E-state index contributed by atoms with van der Waals surface area (Å²) >= 11 is 0. The summed E-state index contributed by atoms with van der Waals surface area (Å²) in [6.07, 6.45) is 0. The van der Waals surface area contributed by atoms with Crippen LogP contribution in [0.1, 0.15) is 0 Å². The highest BCUT2D eigenvalue weighted by Crippen LogP contribution is 2.26. The zero-order valence-corrected chi connectivity index (χ0v) is 11.7. The monoisotopic (exact) mass is 314 g/mol. The Morgan fingerprint density at radius 2 is 1.81 bits per heavy atom. The number of hydrogen-bond acceptors (Lipinski definition) is 4. The van der Waals surface area contributed by atoms with Crippen molar-refractivity contribution in [3.8, 4) is 5.75 Å². The van der Waals surface area contributed by atoms with E-state index in [9.17, 15) is 17.2 Å². The van der Waals surface area contributed by atoms with E-state index in [0.717, 1.165) is 18.2 Å². The summed E-state index contributed by atoms with van der Waals surface area (Å²) in [5, 5.41) is 0. The molecule has 112 valence electrons. The molecule has 0 aliphatic heterocycles. The lowest BCUT2D eigenvalue weighted by molar-refractivity contribution is 0.416. The van der Waals surface area contributed by atoms with Crippen LogP contribution < -0.4 is 15.2 Å². The molecule has 2 aromatic carbocycles. The Labute approximate surface area is 120 Å². The van der Waals surface area contributed by atoms with Gasteiger partial charge in [0.2, 0.25) is 0 Å². The van der Waals surface area contributed by atoms with Crippen LogP contribution in [0, 0.1) is 11.6 Å². The molecule has 8 heteroatoms. The summed E-state index contributed by atoms with van der Waals surface area (Å²) < 4.78 is 57.2. The first-order valence-electron chi connectivity index (χ1n) is 5.75. The summed E-state index contributed by atoms with van der Waals surface area (Å²) in [6.45, 7) is 0. The number of sulfonamides is 1. The lowest BCUT2D eigenvalue weighted by Gasteiger charge is -2.10. The van der Waals surface area contributed by atoms with Gasteiger partial charge in [0, 0.05) is 6.07 Å². The molecule has 0 aliphatic rings. The molecule has 2 rings (SSSR count). The van der Waals surface area contributed by atoms with Gasteiger partial charge in [0.05, 0.1) is 23.4 Å². The molecular formula is C13H12F2N2O3S. The van der Waals surface area contributed by atoms with Crippen LogP contribution in [0.25, 0.3) is 0 Å². The van der Waals surface area contributed by atoms with Gasteiger partial charge in [-0.3, -0.25) is 4.72 Å². The van der Waals surface area contributed by atoms with Crippen LogP contribution in [-0.4, -0.2) is 15.5 Å². The number of hydrogen-bond donors (Lipinski definition) is 2. The molecule has 21 heavy (non-hydrogen) atoms. The van der Waals surface area contributed by atoms with Gasteiger partial charge in [-0.2, -0.15) is 0 Å². The Kier molecular flexibility index (Phi) is 3.99. The molecule has 0 aromatic heterocycles. The van der Waals surface area contributed by atoms with Gasteiger partial charge < -0.3 is 10.5 Å². The standard InChI is InChI=1S/C13H12F2N2O3S/c1-20-13-5-3-9(7-12(13)16)21(18,19)17-8-2-4-10(14)11(15)6-8/h2-7,17H,16H2,1H3. The van der Waals surface area contributed by atoms with Crippen molar-refractivity contribution in [1.82, 2.24) is 0 Å². The third-order valence-electron chi connectivity index (χ3n) is 2.68. The van der Waals surface area contributed by atoms with Crippen LogP contribution in [-0.2, 0) is 10.0 Å². The van der Waals surface area contributed by atoms with E-state index >= 15 is 0 Å². The van der Waals surface area contributed by atoms with E-state index in [4.69, 9.17) is 10.5 Å². The Morgan fingerprint density at radius 3 is 2.38 bits per heavy atom. The molecule has 5 nitrogen and oxygen atoms in total. The minimum Gasteiger partial charge on any atom is -0.495 e. The molecule has 0 atom stereocenters. The first kappa shape index (κ1) is 15.0. The number of ether oxygens (including phenoxy) is 1. The van der Waals surface area contributed by atoms with E-state index in [0.29, 0.717) is 5.75 Å². The van der Waals surface area contributed by atoms with Crippen molar-refractivity contribution in [1.29, 1.82) is 0 Å². The summed E-state index contributed by atoms with van der Waals surface area (Å²) in [6, 6.07) is 6.59. The fourth-order valence-electron chi connectivity index (χ4n) is 1.65. The number of rotatable bonds is 4. The minimum absolute atomic E-state index is 0.0942. The smallest absolute Gasteiger partial charge is 0.261 e. The average Bonchev–Trinajstić information content (AvgIpc) is 2.42. The molecule has 0 saturated carbocycles. The summed E-state index contributed by atoms with van der Waals surface area (Å²) in [5.74, 6) is -1.88. The number of halogens is 2. The first-order chi connectivity index (χ1) is 9.83. The van der Waals surface area contributed by atoms with E-state index in [1.807, 2.05) is 0 Å². The highest BCUT2D eigenvalue weighted by atomic mass is 32.2. The molecule has 0 radical (unpaired) electrons. The van der Waals surface area contributed by atoms with Crippen LogP contribution in [0.2, 0.25) is 0 Å². The van der Waals surface area contributed by atoms with E-state index < -0.39 is 21.7 Å². The summed E-state index contributed by atoms with van der Waals surface area (Å²) in [4.78, 5) is -0.120. The van der Waals surface area contributed by atoms with Crippen molar-refractivity contribution in [2.24, 2.45) is 0 Å². The second-order valence-corrected chi connectivity index (χ2v) is 5.82. The third kappa shape index (κ3) is 3.22. The minimum atomic E-state index is -3.97. The maximum Gasteiger partial charge on any atom is 0.261 e. The Bertz CT molecular complexity index is 779. The third-order valence-corrected chi connectivity index (χ3v) is 4.06. The molecule has 0 fully saturated rings. The molecule has 0 saturated heterocycles. The second-order valence-electron chi connectivity index (χ2n) is 4.14. The molecule has 0 unspecified atom stereocenters. The molecule has 0 heterocycles. The molecule has 0 aliphatic carbocycles. The molecule has 0 amide bonds. The fraction of sp³-hybridized carbons (Fsp3) is 0.0769. The number of nitrogens with two attached hydrogens (primary N) is 1. The van der Waals surface area contributed by atoms with Gasteiger partial charge in [-0.15, -0.1) is 0 Å². The van der Waals surface area contributed by atoms with Gasteiger partial charge in [-0.25, -0.2) is 17.2 Å². The fourth-order valence-corrected chi connectivity index (χ4v) is 2.74. The number of methoxy groups -OCH3 is 1. The van der Waals surface area contributed by atoms with Gasteiger partial charge in [0.25, 0.3) is 10.0 Å². The van der Waals surface area contributed by atoms with Crippen molar-refractivity contribution in [2.75, 3.05) is 17.6 Å². The number of benzene rings is 2. The zero-order chi connectivity index (χ0) is 15.6. The van der Waals surface area contributed by atoms with Crippen molar-refractivity contribution in [3.05, 3.63) is 48.0 Å². The van der Waals surface area contributed by atoms with E-state index in [1.54, 1.807) is 0 Å². The van der Waals surface area contributed by atoms with E-state index in [-0.39, 0.29) is 16.3 Å². The molecule has 0 spiro atoms. The summed E-state index contributed by atoms with van der Waals surface area (Å²) in [5.41, 5.74) is 5.69. The summed E-state index contributed by atoms with van der Waals surface area (Å²) in [7, 11) is -2.56. The largest absolute Gasteiger partial charge is 0.495 e. The predicted octanol–water partition coefficient (Wildman–Crippen LogP) is 2.36. The van der Waals surface area contributed by atoms with Gasteiger partial charge in [-0.1, -0.05) is 0 Å². The first-order valence-corrected chi connectivity index (χ1v) is 7.23. The van der Waals surface area contributed by atoms with Crippen LogP contribution in [0.4, 0.5) is 20.2 Å². The lowest BCUT2D eigenvalue weighted by Crippen LogP contribution is -2.13. The predicted molar refractivity (Wildman–Crippen MR) is 74.6 cm³/mol. The van der Waals surface area contributed by atoms with Crippen LogP contribution in [0.15, 0.2) is 41.3 Å². The van der Waals surface area contributed by atoms with Crippen LogP contribution in [0.3, 0.4) is 0 Å². The number of nitrogens with one attached hydrogen (secondary N) is 1. The number of anilines is 2. The van der Waals surface area contributed by atoms with Gasteiger partial charge in [-0.05, 0) is 30.3 Å². The number of nitrogen functional groups attached to an aromatic ring is 1.